The molecule has 0 radical (unpaired) electrons. The largest absolute Gasteiger partial charge is 0.378 e. The number of hydrogen-bond donors (Lipinski definition) is 0. The molecular weight excluding hydrogens is 502 g/mol. The summed E-state index contributed by atoms with van der Waals surface area (Å²) in [5, 5.41) is 5.03. The van der Waals surface area contributed by atoms with Crippen molar-refractivity contribution < 1.29 is 13.5 Å². The van der Waals surface area contributed by atoms with Gasteiger partial charge < -0.3 is 9.64 Å². The monoisotopic (exact) mass is 538 g/mol. The van der Waals surface area contributed by atoms with Gasteiger partial charge in [-0.25, -0.2) is 18.7 Å². The number of nitrogens with zero attached hydrogens (tertiary/aromatic N) is 8. The standard InChI is InChI=1S/C28H36F2N8O/c1-19-21(18-34-9-11-36(12-10-34)28(2,3)4)33-38-24(35-13-15-39-16-14-35)17-23(32-26(19)38)37-22-8-6-5-7-20(22)31-27(37)25(29)30/h5-8,17,25H,9-16,18H2,1-4H3. The molecule has 0 amide bonds. The van der Waals surface area contributed by atoms with Crippen LogP contribution in [0.4, 0.5) is 14.6 Å². The highest BCUT2D eigenvalue weighted by molar-refractivity contribution is 5.78. The Kier molecular flexibility index (Phi) is 6.76. The van der Waals surface area contributed by atoms with Crippen LogP contribution in [0.1, 0.15) is 44.3 Å². The third kappa shape index (κ3) is 4.87. The Bertz CT molecular complexity index is 1480. The van der Waals surface area contributed by atoms with Gasteiger partial charge in [0.15, 0.2) is 11.5 Å². The predicted molar refractivity (Wildman–Crippen MR) is 147 cm³/mol. The maximum atomic E-state index is 14.2. The smallest absolute Gasteiger partial charge is 0.296 e. The third-order valence-electron chi connectivity index (χ3n) is 7.93. The highest BCUT2D eigenvalue weighted by atomic mass is 19.3. The van der Waals surface area contributed by atoms with Gasteiger partial charge in [-0.3, -0.25) is 14.4 Å². The topological polar surface area (TPSA) is 67.0 Å². The number of fused-ring (bicyclic) bond motifs is 2. The van der Waals surface area contributed by atoms with Crippen LogP contribution in [0.5, 0.6) is 0 Å². The molecule has 4 aromatic rings. The average molecular weight is 539 g/mol. The molecule has 1 aromatic carbocycles. The van der Waals surface area contributed by atoms with Gasteiger partial charge in [-0.2, -0.15) is 9.61 Å². The Morgan fingerprint density at radius 2 is 1.69 bits per heavy atom. The Labute approximate surface area is 227 Å². The molecule has 6 rings (SSSR count). The number of alkyl halides is 2. The lowest BCUT2D eigenvalue weighted by Gasteiger charge is -2.42. The first-order valence-corrected chi connectivity index (χ1v) is 13.7. The van der Waals surface area contributed by atoms with Crippen LogP contribution in [0.2, 0.25) is 0 Å². The zero-order chi connectivity index (χ0) is 27.3. The molecule has 11 heteroatoms. The molecule has 39 heavy (non-hydrogen) atoms. The van der Waals surface area contributed by atoms with Gasteiger partial charge in [0, 0.05) is 63.0 Å². The van der Waals surface area contributed by atoms with Crippen molar-refractivity contribution in [3.8, 4) is 5.82 Å². The van der Waals surface area contributed by atoms with E-state index in [-0.39, 0.29) is 11.4 Å². The van der Waals surface area contributed by atoms with Gasteiger partial charge >= 0.3 is 0 Å². The molecule has 0 N–H and O–H groups in total. The molecule has 9 nitrogen and oxygen atoms in total. The van der Waals surface area contributed by atoms with Crippen molar-refractivity contribution in [1.29, 1.82) is 0 Å². The van der Waals surface area contributed by atoms with Crippen LogP contribution in [-0.4, -0.2) is 92.0 Å². The second-order valence-corrected chi connectivity index (χ2v) is 11.4. The molecule has 2 fully saturated rings. The molecule has 2 aliphatic rings. The van der Waals surface area contributed by atoms with Crippen LogP contribution < -0.4 is 4.90 Å². The molecule has 3 aromatic heterocycles. The van der Waals surface area contributed by atoms with Crippen LogP contribution in [0.15, 0.2) is 30.3 Å². The first-order valence-electron chi connectivity index (χ1n) is 13.7. The molecule has 0 spiro atoms. The number of para-hydroxylation sites is 2. The zero-order valence-corrected chi connectivity index (χ0v) is 23.1. The molecule has 0 aliphatic carbocycles. The number of aromatic nitrogens is 5. The second kappa shape index (κ2) is 10.1. The van der Waals surface area contributed by atoms with Gasteiger partial charge in [0.2, 0.25) is 0 Å². The predicted octanol–water partition coefficient (Wildman–Crippen LogP) is 4.07. The first kappa shape index (κ1) is 26.1. The molecule has 0 unspecified atom stereocenters. The van der Waals surface area contributed by atoms with Crippen molar-refractivity contribution in [3.63, 3.8) is 0 Å². The SMILES string of the molecule is Cc1c(CN2CCN(C(C)(C)C)CC2)nn2c(N3CCOCC3)cc(-n3c(C(F)F)nc4ccccc43)nc12. The van der Waals surface area contributed by atoms with Crippen LogP contribution in [-0.2, 0) is 11.3 Å². The summed E-state index contributed by atoms with van der Waals surface area (Å²) in [6, 6.07) is 9.05. The molecule has 5 heterocycles. The lowest BCUT2D eigenvalue weighted by Crippen LogP contribution is -2.53. The van der Waals surface area contributed by atoms with E-state index in [2.05, 4.69) is 40.5 Å². The Morgan fingerprint density at radius 1 is 0.974 bits per heavy atom. The minimum absolute atomic E-state index is 0.160. The van der Waals surface area contributed by atoms with E-state index in [0.29, 0.717) is 48.8 Å². The van der Waals surface area contributed by atoms with Crippen molar-refractivity contribution in [1.82, 2.24) is 33.9 Å². The Balaban J connectivity index is 1.43. The number of rotatable bonds is 5. The van der Waals surface area contributed by atoms with Crippen molar-refractivity contribution >= 4 is 22.5 Å². The molecule has 0 saturated carbocycles. The summed E-state index contributed by atoms with van der Waals surface area (Å²) in [4.78, 5) is 16.3. The molecule has 0 atom stereocenters. The van der Waals surface area contributed by atoms with E-state index in [1.807, 2.05) is 23.6 Å². The van der Waals surface area contributed by atoms with Crippen LogP contribution in [0, 0.1) is 6.92 Å². The summed E-state index contributed by atoms with van der Waals surface area (Å²) in [5.41, 5.74) is 3.88. The maximum absolute atomic E-state index is 14.2. The van der Waals surface area contributed by atoms with Gasteiger partial charge in [-0.1, -0.05) is 12.1 Å². The summed E-state index contributed by atoms with van der Waals surface area (Å²) < 4.78 is 37.4. The number of benzene rings is 1. The first-order chi connectivity index (χ1) is 18.7. The minimum atomic E-state index is -2.74. The van der Waals surface area contributed by atoms with Crippen molar-refractivity contribution in [2.75, 3.05) is 57.4 Å². The number of imidazole rings is 1. The van der Waals surface area contributed by atoms with E-state index < -0.39 is 6.43 Å². The molecule has 208 valence electrons. The van der Waals surface area contributed by atoms with Crippen LogP contribution >= 0.6 is 0 Å². The highest BCUT2D eigenvalue weighted by Crippen LogP contribution is 2.31. The molecule has 2 saturated heterocycles. The Morgan fingerprint density at radius 3 is 2.38 bits per heavy atom. The summed E-state index contributed by atoms with van der Waals surface area (Å²) >= 11 is 0. The fourth-order valence-corrected chi connectivity index (χ4v) is 5.64. The number of anilines is 1. The molecule has 0 bridgehead atoms. The van der Waals surface area contributed by atoms with Gasteiger partial charge in [-0.05, 0) is 39.8 Å². The van der Waals surface area contributed by atoms with Crippen molar-refractivity contribution in [3.05, 3.63) is 47.4 Å². The van der Waals surface area contributed by atoms with Gasteiger partial charge in [0.25, 0.3) is 6.43 Å². The third-order valence-corrected chi connectivity index (χ3v) is 7.93. The van der Waals surface area contributed by atoms with Crippen LogP contribution in [0.3, 0.4) is 0 Å². The summed E-state index contributed by atoms with van der Waals surface area (Å²) in [7, 11) is 0. The lowest BCUT2D eigenvalue weighted by atomic mass is 10.0. The van der Waals surface area contributed by atoms with E-state index in [1.165, 1.54) is 4.57 Å². The summed E-state index contributed by atoms with van der Waals surface area (Å²) in [5.74, 6) is 0.930. The maximum Gasteiger partial charge on any atom is 0.296 e. The zero-order valence-electron chi connectivity index (χ0n) is 23.1. The van der Waals surface area contributed by atoms with Crippen molar-refractivity contribution in [2.45, 2.75) is 46.2 Å². The normalized spacial score (nSPS) is 18.2. The van der Waals surface area contributed by atoms with E-state index in [1.54, 1.807) is 18.2 Å². The quantitative estimate of drug-likeness (QED) is 0.380. The highest BCUT2D eigenvalue weighted by Gasteiger charge is 2.28. The number of aryl methyl sites for hydroxylation is 1. The van der Waals surface area contributed by atoms with Gasteiger partial charge in [-0.15, -0.1) is 0 Å². The number of morpholine rings is 1. The number of halogens is 2. The van der Waals surface area contributed by atoms with Crippen molar-refractivity contribution in [2.24, 2.45) is 0 Å². The van der Waals surface area contributed by atoms with Gasteiger partial charge in [0.05, 0.1) is 29.9 Å². The van der Waals surface area contributed by atoms with E-state index >= 15 is 0 Å². The van der Waals surface area contributed by atoms with Crippen LogP contribution in [0.25, 0.3) is 22.5 Å². The van der Waals surface area contributed by atoms with E-state index in [4.69, 9.17) is 14.8 Å². The fraction of sp³-hybridized carbons (Fsp3) is 0.536. The van der Waals surface area contributed by atoms with Gasteiger partial charge in [0.1, 0.15) is 11.6 Å². The average Bonchev–Trinajstić information content (AvgIpc) is 3.47. The summed E-state index contributed by atoms with van der Waals surface area (Å²) in [6.45, 7) is 16.1. The number of ether oxygens (including phenoxy) is 1. The molecule has 2 aliphatic heterocycles. The Hall–Kier alpha value is -3.15. The van der Waals surface area contributed by atoms with E-state index in [9.17, 15) is 8.78 Å². The van der Waals surface area contributed by atoms with E-state index in [0.717, 1.165) is 49.8 Å². The lowest BCUT2D eigenvalue weighted by molar-refractivity contribution is 0.0585. The minimum Gasteiger partial charge on any atom is -0.378 e. The number of hydrogen-bond acceptors (Lipinski definition) is 7. The second-order valence-electron chi connectivity index (χ2n) is 11.4. The molecular formula is C28H36F2N8O. The summed E-state index contributed by atoms with van der Waals surface area (Å²) in [6.07, 6.45) is -2.74. The fourth-order valence-electron chi connectivity index (χ4n) is 5.64. The number of piperazine rings is 1.